The molecule has 46 heavy (non-hydrogen) atoms. The molecule has 2 amide bonds. The monoisotopic (exact) mass is 690 g/mol. The van der Waals surface area contributed by atoms with Gasteiger partial charge >= 0.3 is 0 Å². The van der Waals surface area contributed by atoms with Gasteiger partial charge in [-0.25, -0.2) is 8.42 Å². The number of benzene rings is 3. The van der Waals surface area contributed by atoms with Gasteiger partial charge in [-0.15, -0.1) is 0 Å². The van der Waals surface area contributed by atoms with Crippen LogP contribution in [0.1, 0.15) is 50.2 Å². The number of carbonyl (C=O) groups excluding carboxylic acids is 2. The molecule has 0 heterocycles. The van der Waals surface area contributed by atoms with Gasteiger partial charge in [0.05, 0.1) is 22.6 Å². The standard InChI is InChI=1S/C32H36Cl2N4O7S/c1-4-29(32(40)35-22-8-5-6-9-22)36(19-26-27(33)10-7-11-28(26)34)31(39)20-37(23-13-15-24(45-3)16-14-23)46(43,44)25-17-12-21(2)30(18-25)38(41)42/h7,10-18,22,29H,4-6,8-9,19-20H2,1-3H3,(H,35,40)/t29-/m0/s1. The van der Waals surface area contributed by atoms with Gasteiger partial charge in [0.2, 0.25) is 11.8 Å². The van der Waals surface area contributed by atoms with Crippen LogP contribution in [-0.2, 0) is 26.2 Å². The van der Waals surface area contributed by atoms with E-state index in [0.29, 0.717) is 11.3 Å². The summed E-state index contributed by atoms with van der Waals surface area (Å²) in [6.07, 6.45) is 3.88. The van der Waals surface area contributed by atoms with Gasteiger partial charge in [0.1, 0.15) is 18.3 Å². The van der Waals surface area contributed by atoms with Crippen molar-refractivity contribution >= 4 is 56.4 Å². The molecular formula is C32H36Cl2N4O7S. The molecule has 0 aliphatic heterocycles. The predicted octanol–water partition coefficient (Wildman–Crippen LogP) is 6.28. The summed E-state index contributed by atoms with van der Waals surface area (Å²) in [6, 6.07) is 13.5. The van der Waals surface area contributed by atoms with E-state index in [1.807, 2.05) is 0 Å². The van der Waals surface area contributed by atoms with E-state index in [0.717, 1.165) is 36.1 Å². The Kier molecular flexibility index (Phi) is 11.5. The average Bonchev–Trinajstić information content (AvgIpc) is 3.54. The van der Waals surface area contributed by atoms with Crippen molar-refractivity contribution in [1.82, 2.24) is 10.2 Å². The first kappa shape index (κ1) is 35.0. The molecule has 1 fully saturated rings. The molecule has 1 N–H and O–H groups in total. The van der Waals surface area contributed by atoms with E-state index in [9.17, 15) is 28.1 Å². The van der Waals surface area contributed by atoms with Crippen molar-refractivity contribution in [3.63, 3.8) is 0 Å². The largest absolute Gasteiger partial charge is 0.497 e. The zero-order valence-corrected chi connectivity index (χ0v) is 28.1. The van der Waals surface area contributed by atoms with Crippen LogP contribution in [-0.4, -0.2) is 55.8 Å². The smallest absolute Gasteiger partial charge is 0.273 e. The molecular weight excluding hydrogens is 655 g/mol. The van der Waals surface area contributed by atoms with Crippen molar-refractivity contribution in [2.75, 3.05) is 18.0 Å². The van der Waals surface area contributed by atoms with Crippen LogP contribution in [0, 0.1) is 17.0 Å². The van der Waals surface area contributed by atoms with E-state index in [1.54, 1.807) is 25.1 Å². The van der Waals surface area contributed by atoms with Crippen LogP contribution >= 0.6 is 23.2 Å². The van der Waals surface area contributed by atoms with Gasteiger partial charge in [0, 0.05) is 39.8 Å². The first-order chi connectivity index (χ1) is 21.9. The van der Waals surface area contributed by atoms with Crippen molar-refractivity contribution in [2.24, 2.45) is 0 Å². The zero-order chi connectivity index (χ0) is 33.6. The van der Waals surface area contributed by atoms with E-state index in [4.69, 9.17) is 27.9 Å². The third-order valence-electron chi connectivity index (χ3n) is 8.08. The SMILES string of the molecule is CC[C@@H](C(=O)NC1CCCC1)N(Cc1c(Cl)cccc1Cl)C(=O)CN(c1ccc(OC)cc1)S(=O)(=O)c1ccc(C)c([N+](=O)[O-])c1. The number of amides is 2. The second-order valence-electron chi connectivity index (χ2n) is 11.1. The van der Waals surface area contributed by atoms with E-state index >= 15 is 0 Å². The number of nitro benzene ring substituents is 1. The molecule has 3 aromatic rings. The summed E-state index contributed by atoms with van der Waals surface area (Å²) in [4.78, 5) is 39.9. The summed E-state index contributed by atoms with van der Waals surface area (Å²) in [6.45, 7) is 2.36. The number of anilines is 1. The number of hydrogen-bond donors (Lipinski definition) is 1. The third-order valence-corrected chi connectivity index (χ3v) is 10.6. The molecule has 4 rings (SSSR count). The number of methoxy groups -OCH3 is 1. The van der Waals surface area contributed by atoms with Gasteiger partial charge in [-0.05, 0) is 68.7 Å². The van der Waals surface area contributed by atoms with Crippen LogP contribution in [0.3, 0.4) is 0 Å². The van der Waals surface area contributed by atoms with Gasteiger partial charge < -0.3 is 15.0 Å². The maximum absolute atomic E-state index is 14.3. The van der Waals surface area contributed by atoms with Crippen LogP contribution in [0.5, 0.6) is 5.75 Å². The highest BCUT2D eigenvalue weighted by Crippen LogP contribution is 2.31. The maximum Gasteiger partial charge on any atom is 0.273 e. The minimum absolute atomic E-state index is 0.0177. The third kappa shape index (κ3) is 7.91. The summed E-state index contributed by atoms with van der Waals surface area (Å²) in [5.41, 5.74) is 0.403. The molecule has 0 radical (unpaired) electrons. The van der Waals surface area contributed by atoms with Crippen molar-refractivity contribution in [3.8, 4) is 5.75 Å². The highest BCUT2D eigenvalue weighted by atomic mass is 35.5. The minimum atomic E-state index is -4.55. The lowest BCUT2D eigenvalue weighted by atomic mass is 10.1. The molecule has 0 aromatic heterocycles. The fourth-order valence-electron chi connectivity index (χ4n) is 5.49. The number of aryl methyl sites for hydroxylation is 1. The van der Waals surface area contributed by atoms with E-state index in [1.165, 1.54) is 55.3 Å². The lowest BCUT2D eigenvalue weighted by Crippen LogP contribution is -2.53. The summed E-state index contributed by atoms with van der Waals surface area (Å²) in [5.74, 6) is -0.618. The normalized spacial score (nSPS) is 14.0. The number of nitro groups is 1. The fraction of sp³-hybridized carbons (Fsp3) is 0.375. The average molecular weight is 692 g/mol. The number of ether oxygens (including phenoxy) is 1. The van der Waals surface area contributed by atoms with Crippen LogP contribution < -0.4 is 14.4 Å². The first-order valence-corrected chi connectivity index (χ1v) is 17.0. The molecule has 0 saturated heterocycles. The number of rotatable bonds is 13. The summed E-state index contributed by atoms with van der Waals surface area (Å²) >= 11 is 13.0. The highest BCUT2D eigenvalue weighted by Gasteiger charge is 2.35. The number of carbonyl (C=O) groups is 2. The number of halogens is 2. The van der Waals surface area contributed by atoms with Gasteiger partial charge in [-0.3, -0.25) is 24.0 Å². The van der Waals surface area contributed by atoms with Crippen molar-refractivity contribution in [3.05, 3.63) is 92.0 Å². The molecule has 246 valence electrons. The molecule has 1 saturated carbocycles. The lowest BCUT2D eigenvalue weighted by Gasteiger charge is -2.34. The Morgan fingerprint density at radius 3 is 2.26 bits per heavy atom. The van der Waals surface area contributed by atoms with Gasteiger partial charge in [-0.1, -0.05) is 55.1 Å². The Balaban J connectivity index is 1.79. The van der Waals surface area contributed by atoms with Crippen LogP contribution in [0.15, 0.2) is 65.6 Å². The molecule has 11 nitrogen and oxygen atoms in total. The highest BCUT2D eigenvalue weighted by molar-refractivity contribution is 7.92. The van der Waals surface area contributed by atoms with Crippen molar-refractivity contribution in [2.45, 2.75) is 69.5 Å². The van der Waals surface area contributed by atoms with E-state index in [2.05, 4.69) is 5.32 Å². The second kappa shape index (κ2) is 15.1. The molecule has 0 unspecified atom stereocenters. The maximum atomic E-state index is 14.3. The Labute approximate surface area is 278 Å². The second-order valence-corrected chi connectivity index (χ2v) is 13.7. The van der Waals surface area contributed by atoms with E-state index < -0.39 is 33.4 Å². The predicted molar refractivity (Wildman–Crippen MR) is 177 cm³/mol. The molecule has 0 bridgehead atoms. The van der Waals surface area contributed by atoms with Crippen LogP contribution in [0.25, 0.3) is 0 Å². The number of nitrogens with one attached hydrogen (secondary N) is 1. The van der Waals surface area contributed by atoms with Gasteiger partial charge in [-0.2, -0.15) is 0 Å². The molecule has 0 spiro atoms. The zero-order valence-electron chi connectivity index (χ0n) is 25.7. The molecule has 1 atom stereocenters. The number of hydrogen-bond acceptors (Lipinski definition) is 7. The first-order valence-electron chi connectivity index (χ1n) is 14.8. The van der Waals surface area contributed by atoms with Crippen molar-refractivity contribution in [1.29, 1.82) is 0 Å². The summed E-state index contributed by atoms with van der Waals surface area (Å²) in [5, 5.41) is 15.3. The number of sulfonamides is 1. The summed E-state index contributed by atoms with van der Waals surface area (Å²) < 4.78 is 34.5. The molecule has 1 aliphatic carbocycles. The Hall–Kier alpha value is -3.87. The quantitative estimate of drug-likeness (QED) is 0.164. The Bertz CT molecular complexity index is 1680. The Morgan fingerprint density at radius 2 is 1.70 bits per heavy atom. The minimum Gasteiger partial charge on any atom is -0.497 e. The van der Waals surface area contributed by atoms with E-state index in [-0.39, 0.29) is 56.8 Å². The Morgan fingerprint density at radius 1 is 1.07 bits per heavy atom. The van der Waals surface area contributed by atoms with Crippen LogP contribution in [0.2, 0.25) is 10.0 Å². The summed E-state index contributed by atoms with van der Waals surface area (Å²) in [7, 11) is -3.09. The topological polar surface area (TPSA) is 139 Å². The van der Waals surface area contributed by atoms with Gasteiger partial charge in [0.25, 0.3) is 15.7 Å². The number of nitrogens with zero attached hydrogens (tertiary/aromatic N) is 3. The fourth-order valence-corrected chi connectivity index (χ4v) is 7.44. The van der Waals surface area contributed by atoms with Crippen LogP contribution in [0.4, 0.5) is 11.4 Å². The van der Waals surface area contributed by atoms with Gasteiger partial charge in [0.15, 0.2) is 0 Å². The van der Waals surface area contributed by atoms with Crippen molar-refractivity contribution < 1.29 is 27.7 Å². The molecule has 14 heteroatoms. The molecule has 3 aromatic carbocycles. The lowest BCUT2D eigenvalue weighted by molar-refractivity contribution is -0.385. The molecule has 1 aliphatic rings.